The van der Waals surface area contributed by atoms with Crippen molar-refractivity contribution in [3.63, 3.8) is 0 Å². The average molecular weight is 451 g/mol. The molecule has 0 bridgehead atoms. The molecule has 0 aliphatic carbocycles. The number of carbonyl (C=O) groups excluding carboxylic acids is 1. The second-order valence-electron chi connectivity index (χ2n) is 7.46. The van der Waals surface area contributed by atoms with Gasteiger partial charge >= 0.3 is 6.03 Å². The number of unbranched alkanes of at least 4 members (excludes halogenated alkanes) is 5. The Morgan fingerprint density at radius 3 is 1.71 bits per heavy atom. The maximum atomic E-state index is 11.2. The fraction of sp³-hybridized carbons (Fsp3) is 0.955. The Morgan fingerprint density at radius 2 is 1.26 bits per heavy atom. The number of primary amides is 1. The molecule has 31 heavy (non-hydrogen) atoms. The van der Waals surface area contributed by atoms with Crippen LogP contribution in [0.1, 0.15) is 58.3 Å². The van der Waals surface area contributed by atoms with Gasteiger partial charge in [0.25, 0.3) is 5.97 Å². The van der Waals surface area contributed by atoms with E-state index in [0.717, 1.165) is 19.3 Å². The molecule has 0 heterocycles. The molecule has 0 aromatic rings. The van der Waals surface area contributed by atoms with Crippen molar-refractivity contribution in [3.8, 4) is 0 Å². The molecule has 186 valence electrons. The summed E-state index contributed by atoms with van der Waals surface area (Å²) < 4.78 is 33.9. The minimum atomic E-state index is -1.28. The number of amides is 2. The van der Waals surface area contributed by atoms with Crippen LogP contribution >= 0.6 is 0 Å². The number of nitrogens with one attached hydrogen (secondary N) is 1. The Kier molecular flexibility index (Phi) is 20.3. The first-order valence-corrected chi connectivity index (χ1v) is 11.5. The van der Waals surface area contributed by atoms with Crippen LogP contribution in [0.3, 0.4) is 0 Å². The summed E-state index contributed by atoms with van der Waals surface area (Å²) in [6, 6.07) is -0.551. The van der Waals surface area contributed by atoms with Crippen LogP contribution in [-0.2, 0) is 28.4 Å². The molecule has 0 spiro atoms. The molecule has 0 saturated carbocycles. The van der Waals surface area contributed by atoms with E-state index in [1.54, 1.807) is 21.3 Å². The number of hydrogen-bond donors (Lipinski definition) is 2. The maximum Gasteiger partial charge on any atom is 0.312 e. The van der Waals surface area contributed by atoms with Crippen molar-refractivity contribution in [1.29, 1.82) is 0 Å². The minimum absolute atomic E-state index is 0.115. The van der Waals surface area contributed by atoms with Gasteiger partial charge in [0.2, 0.25) is 0 Å². The van der Waals surface area contributed by atoms with E-state index in [0.29, 0.717) is 52.6 Å². The van der Waals surface area contributed by atoms with Gasteiger partial charge in [-0.15, -0.1) is 0 Å². The minimum Gasteiger partial charge on any atom is -0.382 e. The van der Waals surface area contributed by atoms with Gasteiger partial charge < -0.3 is 39.5 Å². The first kappa shape index (κ1) is 30.0. The Hall–Kier alpha value is -0.970. The summed E-state index contributed by atoms with van der Waals surface area (Å²) in [5.74, 6) is -1.39. The lowest BCUT2D eigenvalue weighted by Gasteiger charge is -2.40. The highest BCUT2D eigenvalue weighted by Gasteiger charge is 2.42. The molecule has 0 aromatic carbocycles. The maximum absolute atomic E-state index is 11.2. The van der Waals surface area contributed by atoms with E-state index in [1.807, 2.05) is 0 Å². The van der Waals surface area contributed by atoms with E-state index in [2.05, 4.69) is 12.2 Å². The normalized spacial score (nSPS) is 12.8. The first-order chi connectivity index (χ1) is 15.1. The standard InChI is InChI=1S/C22H46N2O7/c1-5-6-7-8-9-10-11-20(12-13-24-21(23)25)22(29-17-14-26-2,30-18-15-27-3)31-19-16-28-4/h20H,5-19H2,1-4H3,(H3,23,24,25). The molecular weight excluding hydrogens is 404 g/mol. The molecule has 1 atom stereocenters. The molecule has 2 amide bonds. The van der Waals surface area contributed by atoms with Crippen LogP contribution < -0.4 is 11.1 Å². The van der Waals surface area contributed by atoms with Crippen molar-refractivity contribution in [2.75, 3.05) is 67.5 Å². The first-order valence-electron chi connectivity index (χ1n) is 11.5. The van der Waals surface area contributed by atoms with E-state index >= 15 is 0 Å². The molecule has 0 saturated heterocycles. The number of ether oxygens (including phenoxy) is 6. The second kappa shape index (κ2) is 20.9. The Labute approximate surface area is 188 Å². The number of methoxy groups -OCH3 is 3. The Morgan fingerprint density at radius 1 is 0.774 bits per heavy atom. The lowest BCUT2D eigenvalue weighted by molar-refractivity contribution is -0.409. The molecule has 9 nitrogen and oxygen atoms in total. The van der Waals surface area contributed by atoms with Crippen LogP contribution in [0.4, 0.5) is 4.79 Å². The predicted octanol–water partition coefficient (Wildman–Crippen LogP) is 3.05. The average Bonchev–Trinajstić information content (AvgIpc) is 2.75. The third-order valence-corrected chi connectivity index (χ3v) is 4.97. The smallest absolute Gasteiger partial charge is 0.312 e. The zero-order valence-corrected chi connectivity index (χ0v) is 20.1. The van der Waals surface area contributed by atoms with Crippen molar-refractivity contribution in [2.24, 2.45) is 11.7 Å². The van der Waals surface area contributed by atoms with Gasteiger partial charge in [0.05, 0.1) is 39.6 Å². The Bertz CT molecular complexity index is 387. The van der Waals surface area contributed by atoms with Gasteiger partial charge in [-0.1, -0.05) is 45.4 Å². The number of urea groups is 1. The molecule has 0 rings (SSSR count). The van der Waals surface area contributed by atoms with E-state index in [9.17, 15) is 4.79 Å². The summed E-state index contributed by atoms with van der Waals surface area (Å²) in [6.45, 7) is 4.78. The van der Waals surface area contributed by atoms with E-state index in [1.165, 1.54) is 25.7 Å². The molecule has 0 aliphatic rings. The number of carbonyl (C=O) groups is 1. The second-order valence-corrected chi connectivity index (χ2v) is 7.46. The summed E-state index contributed by atoms with van der Waals surface area (Å²) in [5, 5.41) is 2.67. The zero-order chi connectivity index (χ0) is 23.2. The largest absolute Gasteiger partial charge is 0.382 e. The summed E-state index contributed by atoms with van der Waals surface area (Å²) in [4.78, 5) is 11.2. The summed E-state index contributed by atoms with van der Waals surface area (Å²) in [6.07, 6.45) is 8.51. The third kappa shape index (κ3) is 15.5. The number of nitrogens with two attached hydrogens (primary N) is 1. The summed E-state index contributed by atoms with van der Waals surface area (Å²) in [7, 11) is 4.85. The fourth-order valence-corrected chi connectivity index (χ4v) is 3.32. The third-order valence-electron chi connectivity index (χ3n) is 4.97. The van der Waals surface area contributed by atoms with Crippen LogP contribution in [-0.4, -0.2) is 79.5 Å². The zero-order valence-electron chi connectivity index (χ0n) is 20.1. The highest BCUT2D eigenvalue weighted by Crippen LogP contribution is 2.33. The van der Waals surface area contributed by atoms with Crippen LogP contribution in [0.25, 0.3) is 0 Å². The predicted molar refractivity (Wildman–Crippen MR) is 120 cm³/mol. The molecule has 9 heteroatoms. The van der Waals surface area contributed by atoms with Gasteiger partial charge in [-0.2, -0.15) is 0 Å². The highest BCUT2D eigenvalue weighted by atomic mass is 16.9. The van der Waals surface area contributed by atoms with Crippen molar-refractivity contribution >= 4 is 6.03 Å². The molecule has 3 N–H and O–H groups in total. The fourth-order valence-electron chi connectivity index (χ4n) is 3.32. The van der Waals surface area contributed by atoms with Crippen molar-refractivity contribution < 1.29 is 33.2 Å². The van der Waals surface area contributed by atoms with Crippen molar-refractivity contribution in [1.82, 2.24) is 5.32 Å². The molecule has 0 radical (unpaired) electrons. The van der Waals surface area contributed by atoms with Crippen LogP contribution in [0.2, 0.25) is 0 Å². The molecule has 0 fully saturated rings. The topological polar surface area (TPSA) is 111 Å². The van der Waals surface area contributed by atoms with Gasteiger partial charge in [0, 0.05) is 33.8 Å². The van der Waals surface area contributed by atoms with Gasteiger partial charge in [0.1, 0.15) is 0 Å². The molecular formula is C22H46N2O7. The summed E-state index contributed by atoms with van der Waals surface area (Å²) >= 11 is 0. The lowest BCUT2D eigenvalue weighted by Crippen LogP contribution is -2.49. The van der Waals surface area contributed by atoms with Gasteiger partial charge in [-0.25, -0.2) is 4.79 Å². The lowest BCUT2D eigenvalue weighted by atomic mass is 9.94. The Balaban J connectivity index is 5.35. The molecule has 0 aromatic heterocycles. The van der Waals surface area contributed by atoms with Crippen LogP contribution in [0.5, 0.6) is 0 Å². The molecule has 0 aliphatic heterocycles. The van der Waals surface area contributed by atoms with E-state index < -0.39 is 12.0 Å². The number of rotatable bonds is 23. The monoisotopic (exact) mass is 450 g/mol. The van der Waals surface area contributed by atoms with Crippen LogP contribution in [0, 0.1) is 5.92 Å². The quantitative estimate of drug-likeness (QED) is 0.182. The van der Waals surface area contributed by atoms with Crippen molar-refractivity contribution in [2.45, 2.75) is 64.3 Å². The van der Waals surface area contributed by atoms with Gasteiger partial charge in [-0.05, 0) is 12.8 Å². The number of hydrogen-bond acceptors (Lipinski definition) is 7. The SMILES string of the molecule is CCCCCCCCC(CCNC(N)=O)C(OCCOC)(OCCOC)OCCOC. The summed E-state index contributed by atoms with van der Waals surface area (Å²) in [5.41, 5.74) is 5.26. The van der Waals surface area contributed by atoms with Crippen molar-refractivity contribution in [3.05, 3.63) is 0 Å². The van der Waals surface area contributed by atoms with Gasteiger partial charge in [0.15, 0.2) is 0 Å². The van der Waals surface area contributed by atoms with Crippen LogP contribution in [0.15, 0.2) is 0 Å². The van der Waals surface area contributed by atoms with E-state index in [4.69, 9.17) is 34.2 Å². The highest BCUT2D eigenvalue weighted by molar-refractivity contribution is 5.71. The van der Waals surface area contributed by atoms with E-state index in [-0.39, 0.29) is 5.92 Å². The van der Waals surface area contributed by atoms with Gasteiger partial charge in [-0.3, -0.25) is 0 Å². The molecule has 1 unspecified atom stereocenters.